The average Bonchev–Trinajstić information content (AvgIpc) is 2.61. The number of benzene rings is 1. The van der Waals surface area contributed by atoms with E-state index >= 15 is 0 Å². The molecule has 1 heteroatoms. The Hall–Kier alpha value is -1.37. The number of Topliss-reactive ketones (excluding diaryl/α,β-unsaturated/α-hetero) is 1. The molecule has 3 rings (SSSR count). The highest BCUT2D eigenvalue weighted by atomic mass is 16.1. The fourth-order valence-electron chi connectivity index (χ4n) is 2.63. The third-order valence-corrected chi connectivity index (χ3v) is 3.33. The minimum atomic E-state index is 0.365. The number of rotatable bonds is 0. The van der Waals surface area contributed by atoms with Crippen LogP contribution in [0.3, 0.4) is 0 Å². The first-order chi connectivity index (χ1) is 6.86. The third-order valence-electron chi connectivity index (χ3n) is 3.33. The van der Waals surface area contributed by atoms with Crippen molar-refractivity contribution in [3.63, 3.8) is 0 Å². The summed E-state index contributed by atoms with van der Waals surface area (Å²) in [7, 11) is 0. The van der Waals surface area contributed by atoms with Crippen molar-refractivity contribution in [2.45, 2.75) is 25.2 Å². The molecule has 0 spiro atoms. The molecule has 0 radical (unpaired) electrons. The Morgan fingerprint density at radius 1 is 1.21 bits per heavy atom. The molecule has 0 bridgehead atoms. The van der Waals surface area contributed by atoms with Crippen LogP contribution in [0.2, 0.25) is 0 Å². The van der Waals surface area contributed by atoms with E-state index < -0.39 is 0 Å². The van der Waals surface area contributed by atoms with Gasteiger partial charge in [-0.1, -0.05) is 30.3 Å². The van der Waals surface area contributed by atoms with Crippen LogP contribution in [0, 0.1) is 0 Å². The van der Waals surface area contributed by atoms with Gasteiger partial charge in [-0.15, -0.1) is 0 Å². The number of hydrogen-bond donors (Lipinski definition) is 0. The zero-order chi connectivity index (χ0) is 9.54. The Kier molecular flexibility index (Phi) is 1.60. The van der Waals surface area contributed by atoms with Crippen molar-refractivity contribution in [3.8, 4) is 0 Å². The maximum absolute atomic E-state index is 11.6. The van der Waals surface area contributed by atoms with Gasteiger partial charge < -0.3 is 0 Å². The summed E-state index contributed by atoms with van der Waals surface area (Å²) in [5, 5.41) is 0. The molecule has 1 unspecified atom stereocenters. The van der Waals surface area contributed by atoms with E-state index in [1.165, 1.54) is 11.1 Å². The Morgan fingerprint density at radius 2 is 2.07 bits per heavy atom. The molecule has 0 saturated heterocycles. The van der Waals surface area contributed by atoms with Crippen LogP contribution in [0.25, 0.3) is 0 Å². The van der Waals surface area contributed by atoms with E-state index in [2.05, 4.69) is 30.3 Å². The van der Waals surface area contributed by atoms with Gasteiger partial charge in [0.05, 0.1) is 0 Å². The number of ketones is 1. The van der Waals surface area contributed by atoms with Crippen molar-refractivity contribution in [2.24, 2.45) is 0 Å². The van der Waals surface area contributed by atoms with Crippen LogP contribution in [0.15, 0.2) is 35.9 Å². The molecule has 1 saturated carbocycles. The van der Waals surface area contributed by atoms with E-state index in [0.717, 1.165) is 24.8 Å². The molecule has 14 heavy (non-hydrogen) atoms. The van der Waals surface area contributed by atoms with E-state index in [1.807, 2.05) is 0 Å². The largest absolute Gasteiger partial charge is 0.295 e. The molecule has 0 amide bonds. The highest BCUT2D eigenvalue weighted by molar-refractivity contribution is 5.99. The highest BCUT2D eigenvalue weighted by Gasteiger charge is 2.32. The summed E-state index contributed by atoms with van der Waals surface area (Å²) in [5.74, 6) is 0.775. The second kappa shape index (κ2) is 2.81. The average molecular weight is 184 g/mol. The Balaban J connectivity index is 2.13. The molecule has 1 fully saturated rings. The molecule has 1 nitrogen and oxygen atoms in total. The van der Waals surface area contributed by atoms with Gasteiger partial charge >= 0.3 is 0 Å². The van der Waals surface area contributed by atoms with Crippen LogP contribution >= 0.6 is 0 Å². The number of carbonyl (C=O) groups excluding carboxylic acids is 1. The summed E-state index contributed by atoms with van der Waals surface area (Å²) < 4.78 is 0. The minimum absolute atomic E-state index is 0.365. The van der Waals surface area contributed by atoms with Gasteiger partial charge in [0.25, 0.3) is 0 Å². The second-order valence-corrected chi connectivity index (χ2v) is 4.08. The number of allylic oxidation sites excluding steroid dienone is 2. The van der Waals surface area contributed by atoms with Gasteiger partial charge in [-0.25, -0.2) is 0 Å². The van der Waals surface area contributed by atoms with E-state index in [0.29, 0.717) is 11.7 Å². The van der Waals surface area contributed by atoms with Gasteiger partial charge in [0.15, 0.2) is 5.78 Å². The fraction of sp³-hybridized carbons (Fsp3) is 0.308. The van der Waals surface area contributed by atoms with Crippen LogP contribution in [0.4, 0.5) is 0 Å². The quantitative estimate of drug-likeness (QED) is 0.605. The lowest BCUT2D eigenvalue weighted by Gasteiger charge is -2.20. The fourth-order valence-corrected chi connectivity index (χ4v) is 2.63. The van der Waals surface area contributed by atoms with Crippen molar-refractivity contribution in [3.05, 3.63) is 47.0 Å². The van der Waals surface area contributed by atoms with E-state index in [9.17, 15) is 4.79 Å². The molecule has 1 aromatic rings. The highest BCUT2D eigenvalue weighted by Crippen LogP contribution is 2.41. The summed E-state index contributed by atoms with van der Waals surface area (Å²) in [5.41, 5.74) is 3.86. The minimum Gasteiger partial charge on any atom is -0.295 e. The standard InChI is InChI=1S/C13H12O/c14-13-8-7-11-10-4-2-1-3-9(10)5-6-12(11)13/h1-4,6,11H,5,7-8H2. The number of carbonyl (C=O) groups is 1. The Morgan fingerprint density at radius 3 is 3.00 bits per heavy atom. The molecule has 2 aliphatic carbocycles. The lowest BCUT2D eigenvalue weighted by Crippen LogP contribution is -2.08. The molecule has 0 N–H and O–H groups in total. The van der Waals surface area contributed by atoms with E-state index in [-0.39, 0.29) is 0 Å². The number of hydrogen-bond acceptors (Lipinski definition) is 1. The van der Waals surface area contributed by atoms with Gasteiger partial charge in [0, 0.05) is 12.3 Å². The van der Waals surface area contributed by atoms with Gasteiger partial charge in [-0.05, 0) is 29.5 Å². The first-order valence-electron chi connectivity index (χ1n) is 5.17. The Bertz CT molecular complexity index is 429. The first kappa shape index (κ1) is 7.98. The lowest BCUT2D eigenvalue weighted by molar-refractivity contribution is -0.114. The van der Waals surface area contributed by atoms with E-state index in [4.69, 9.17) is 0 Å². The summed E-state index contributed by atoms with van der Waals surface area (Å²) >= 11 is 0. The van der Waals surface area contributed by atoms with Gasteiger partial charge in [0.1, 0.15) is 0 Å². The van der Waals surface area contributed by atoms with Crippen LogP contribution in [-0.2, 0) is 11.2 Å². The summed E-state index contributed by atoms with van der Waals surface area (Å²) in [6.45, 7) is 0. The van der Waals surface area contributed by atoms with Crippen LogP contribution in [-0.4, -0.2) is 5.78 Å². The SMILES string of the molecule is O=C1CCC2C1=CCc1ccccc12. The third kappa shape index (κ3) is 0.985. The molecule has 1 atom stereocenters. The molecular weight excluding hydrogens is 172 g/mol. The molecule has 0 heterocycles. The molecular formula is C13H12O. The maximum atomic E-state index is 11.6. The lowest BCUT2D eigenvalue weighted by atomic mass is 9.84. The zero-order valence-electron chi connectivity index (χ0n) is 7.99. The summed E-state index contributed by atoms with van der Waals surface area (Å²) in [4.78, 5) is 11.6. The molecule has 1 aromatic carbocycles. The van der Waals surface area contributed by atoms with Crippen molar-refractivity contribution in [1.29, 1.82) is 0 Å². The summed E-state index contributed by atoms with van der Waals surface area (Å²) in [6, 6.07) is 8.50. The van der Waals surface area contributed by atoms with Crippen molar-refractivity contribution >= 4 is 5.78 Å². The molecule has 70 valence electrons. The molecule has 2 aliphatic rings. The van der Waals surface area contributed by atoms with Crippen molar-refractivity contribution in [1.82, 2.24) is 0 Å². The predicted molar refractivity (Wildman–Crippen MR) is 55.2 cm³/mol. The topological polar surface area (TPSA) is 17.1 Å². The summed E-state index contributed by atoms with van der Waals surface area (Å²) in [6.07, 6.45) is 4.82. The van der Waals surface area contributed by atoms with Crippen molar-refractivity contribution < 1.29 is 4.79 Å². The zero-order valence-corrected chi connectivity index (χ0v) is 7.99. The first-order valence-corrected chi connectivity index (χ1v) is 5.17. The normalized spacial score (nSPS) is 24.1. The van der Waals surface area contributed by atoms with Crippen LogP contribution < -0.4 is 0 Å². The Labute approximate surface area is 83.4 Å². The number of fused-ring (bicyclic) bond motifs is 3. The maximum Gasteiger partial charge on any atom is 0.159 e. The van der Waals surface area contributed by atoms with Gasteiger partial charge in [0.2, 0.25) is 0 Å². The van der Waals surface area contributed by atoms with Crippen LogP contribution in [0.5, 0.6) is 0 Å². The predicted octanol–water partition coefficient (Wildman–Crippen LogP) is 2.62. The van der Waals surface area contributed by atoms with Gasteiger partial charge in [-0.3, -0.25) is 4.79 Å². The molecule has 0 aliphatic heterocycles. The van der Waals surface area contributed by atoms with Crippen LogP contribution in [0.1, 0.15) is 29.9 Å². The second-order valence-electron chi connectivity index (χ2n) is 4.08. The molecule has 0 aromatic heterocycles. The monoisotopic (exact) mass is 184 g/mol. The van der Waals surface area contributed by atoms with Gasteiger partial charge in [-0.2, -0.15) is 0 Å². The van der Waals surface area contributed by atoms with Crippen molar-refractivity contribution in [2.75, 3.05) is 0 Å². The smallest absolute Gasteiger partial charge is 0.159 e. The van der Waals surface area contributed by atoms with E-state index in [1.54, 1.807) is 0 Å².